The van der Waals surface area contributed by atoms with Gasteiger partial charge in [0.15, 0.2) is 0 Å². The Labute approximate surface area is 120 Å². The number of benzene rings is 1. The van der Waals surface area contributed by atoms with Crippen molar-refractivity contribution in [3.8, 4) is 0 Å². The SMILES string of the molecule is BC(=O)OCc1cc(C)c(NC(=O)CCNC)c(C)c1. The van der Waals surface area contributed by atoms with Gasteiger partial charge < -0.3 is 15.4 Å². The maximum Gasteiger partial charge on any atom is 0.243 e. The van der Waals surface area contributed by atoms with Crippen LogP contribution in [-0.4, -0.2) is 33.2 Å². The molecule has 0 aliphatic rings. The minimum absolute atomic E-state index is 0.0155. The van der Waals surface area contributed by atoms with Gasteiger partial charge in [-0.2, -0.15) is 0 Å². The van der Waals surface area contributed by atoms with E-state index in [4.69, 9.17) is 4.74 Å². The highest BCUT2D eigenvalue weighted by Gasteiger charge is 2.09. The van der Waals surface area contributed by atoms with Gasteiger partial charge in [-0.1, -0.05) is 12.1 Å². The van der Waals surface area contributed by atoms with E-state index in [2.05, 4.69) is 10.6 Å². The van der Waals surface area contributed by atoms with Crippen molar-refractivity contribution in [1.29, 1.82) is 0 Å². The first-order chi connectivity index (χ1) is 9.43. The van der Waals surface area contributed by atoms with E-state index in [1.165, 1.54) is 7.85 Å². The lowest BCUT2D eigenvalue weighted by Gasteiger charge is -2.14. The van der Waals surface area contributed by atoms with Gasteiger partial charge in [0.05, 0.1) is 0 Å². The summed E-state index contributed by atoms with van der Waals surface area (Å²) in [6, 6.07) is 3.84. The number of anilines is 1. The van der Waals surface area contributed by atoms with Crippen molar-refractivity contribution in [1.82, 2.24) is 5.32 Å². The molecule has 0 aliphatic carbocycles. The molecule has 0 spiro atoms. The van der Waals surface area contributed by atoms with Gasteiger partial charge in [0.25, 0.3) is 0 Å². The molecule has 0 atom stereocenters. The first kappa shape index (κ1) is 16.2. The number of ether oxygens (including phenoxy) is 1. The van der Waals surface area contributed by atoms with Crippen LogP contribution in [0.4, 0.5) is 10.5 Å². The van der Waals surface area contributed by atoms with Gasteiger partial charge in [-0.05, 0) is 37.6 Å². The Balaban J connectivity index is 2.78. The molecule has 0 fully saturated rings. The summed E-state index contributed by atoms with van der Waals surface area (Å²) in [7, 11) is 3.20. The monoisotopic (exact) mass is 276 g/mol. The van der Waals surface area contributed by atoms with Crippen LogP contribution in [0.15, 0.2) is 12.1 Å². The Morgan fingerprint density at radius 3 is 2.35 bits per heavy atom. The third kappa shape index (κ3) is 5.05. The van der Waals surface area contributed by atoms with Gasteiger partial charge in [0, 0.05) is 18.7 Å². The average molecular weight is 276 g/mol. The minimum Gasteiger partial charge on any atom is -0.469 e. The summed E-state index contributed by atoms with van der Waals surface area (Å²) in [4.78, 5) is 22.6. The molecule has 108 valence electrons. The zero-order valence-electron chi connectivity index (χ0n) is 12.5. The smallest absolute Gasteiger partial charge is 0.243 e. The number of nitrogens with one attached hydrogen (secondary N) is 2. The van der Waals surface area contributed by atoms with Crippen molar-refractivity contribution >= 4 is 25.3 Å². The Bertz CT molecular complexity index is 480. The van der Waals surface area contributed by atoms with Gasteiger partial charge in [0.2, 0.25) is 19.6 Å². The number of hydrogen-bond acceptors (Lipinski definition) is 4. The van der Waals surface area contributed by atoms with E-state index in [9.17, 15) is 9.59 Å². The molecule has 0 saturated heterocycles. The van der Waals surface area contributed by atoms with Gasteiger partial charge in [-0.15, -0.1) is 0 Å². The van der Waals surface area contributed by atoms with Crippen LogP contribution in [0.3, 0.4) is 0 Å². The van der Waals surface area contributed by atoms with Crippen LogP contribution < -0.4 is 10.6 Å². The summed E-state index contributed by atoms with van der Waals surface area (Å²) in [5.74, 6) is -0.317. The predicted molar refractivity (Wildman–Crippen MR) is 81.8 cm³/mol. The van der Waals surface area contributed by atoms with Crippen LogP contribution in [0.2, 0.25) is 0 Å². The molecule has 5 nitrogen and oxygen atoms in total. The number of carbonyl (C=O) groups excluding carboxylic acids is 2. The molecule has 2 N–H and O–H groups in total. The lowest BCUT2D eigenvalue weighted by atomic mass is 10.0. The number of rotatable bonds is 6. The first-order valence-electron chi connectivity index (χ1n) is 6.62. The summed E-state index contributed by atoms with van der Waals surface area (Å²) in [6.07, 6.45) is 0.435. The van der Waals surface area contributed by atoms with Crippen LogP contribution >= 0.6 is 0 Å². The molecule has 1 aromatic rings. The molecule has 0 bridgehead atoms. The third-order valence-electron chi connectivity index (χ3n) is 2.90. The Morgan fingerprint density at radius 2 is 1.85 bits per heavy atom. The molecular formula is C14H21BN2O3. The van der Waals surface area contributed by atoms with E-state index in [1.54, 1.807) is 0 Å². The standard InChI is InChI=1S/C14H21BN2O3/c1-9-6-11(8-20-14(15)19)7-10(2)13(9)17-12(18)4-5-16-3/h6-7,16H,4-5,8,15H2,1-3H3,(H,17,18). The fourth-order valence-corrected chi connectivity index (χ4v) is 1.96. The van der Waals surface area contributed by atoms with Crippen LogP contribution in [0.25, 0.3) is 0 Å². The van der Waals surface area contributed by atoms with Crippen LogP contribution in [-0.2, 0) is 16.1 Å². The first-order valence-corrected chi connectivity index (χ1v) is 6.62. The lowest BCUT2D eigenvalue weighted by Crippen LogP contribution is -2.19. The van der Waals surface area contributed by atoms with E-state index < -0.39 is 0 Å². The second kappa shape index (κ2) is 7.70. The van der Waals surface area contributed by atoms with Crippen LogP contribution in [0.5, 0.6) is 0 Å². The van der Waals surface area contributed by atoms with Crippen molar-refractivity contribution in [2.45, 2.75) is 26.9 Å². The summed E-state index contributed by atoms with van der Waals surface area (Å²) >= 11 is 0. The number of aryl methyl sites for hydroxylation is 2. The molecule has 0 heterocycles. The molecule has 1 amide bonds. The second-order valence-electron chi connectivity index (χ2n) is 4.79. The Hall–Kier alpha value is -1.82. The summed E-state index contributed by atoms with van der Waals surface area (Å²) < 4.78 is 4.98. The second-order valence-corrected chi connectivity index (χ2v) is 4.79. The molecular weight excluding hydrogens is 255 g/mol. The van der Waals surface area contributed by atoms with Crippen LogP contribution in [0.1, 0.15) is 23.1 Å². The molecule has 0 unspecified atom stereocenters. The van der Waals surface area contributed by atoms with Crippen molar-refractivity contribution in [3.63, 3.8) is 0 Å². The van der Waals surface area contributed by atoms with Crippen molar-refractivity contribution in [3.05, 3.63) is 28.8 Å². The number of amides is 1. The van der Waals surface area contributed by atoms with Crippen molar-refractivity contribution in [2.24, 2.45) is 0 Å². The topological polar surface area (TPSA) is 67.4 Å². The molecule has 0 aliphatic heterocycles. The van der Waals surface area contributed by atoms with Crippen LogP contribution in [0, 0.1) is 13.8 Å². The van der Waals surface area contributed by atoms with E-state index in [-0.39, 0.29) is 18.4 Å². The van der Waals surface area contributed by atoms with Crippen molar-refractivity contribution < 1.29 is 14.3 Å². The van der Waals surface area contributed by atoms with E-state index in [1.807, 2.05) is 33.0 Å². The summed E-state index contributed by atoms with van der Waals surface area (Å²) in [6.45, 7) is 4.76. The lowest BCUT2D eigenvalue weighted by molar-refractivity contribution is -0.116. The normalized spacial score (nSPS) is 10.2. The predicted octanol–water partition coefficient (Wildman–Crippen LogP) is 1.12. The molecule has 6 heteroatoms. The van der Waals surface area contributed by atoms with Crippen molar-refractivity contribution in [2.75, 3.05) is 18.9 Å². The molecule has 1 rings (SSSR count). The maximum atomic E-state index is 11.8. The highest BCUT2D eigenvalue weighted by molar-refractivity contribution is 6.55. The number of hydrogen-bond donors (Lipinski definition) is 2. The molecule has 0 aromatic heterocycles. The summed E-state index contributed by atoms with van der Waals surface area (Å²) in [5, 5.41) is 5.86. The molecule has 1 aromatic carbocycles. The Morgan fingerprint density at radius 1 is 1.25 bits per heavy atom. The Kier molecular flexibility index (Phi) is 6.25. The van der Waals surface area contributed by atoms with Gasteiger partial charge in [-0.3, -0.25) is 9.59 Å². The maximum absolute atomic E-state index is 11.8. The van der Waals surface area contributed by atoms with Gasteiger partial charge in [0.1, 0.15) is 6.61 Å². The minimum atomic E-state index is -0.301. The third-order valence-corrected chi connectivity index (χ3v) is 2.90. The van der Waals surface area contributed by atoms with E-state index in [0.717, 1.165) is 22.4 Å². The highest BCUT2D eigenvalue weighted by atomic mass is 16.5. The molecule has 0 radical (unpaired) electrons. The number of carbonyl (C=O) groups is 2. The highest BCUT2D eigenvalue weighted by Crippen LogP contribution is 2.23. The zero-order chi connectivity index (χ0) is 15.1. The molecule has 20 heavy (non-hydrogen) atoms. The average Bonchev–Trinajstić information content (AvgIpc) is 2.38. The van der Waals surface area contributed by atoms with Gasteiger partial charge in [-0.25, -0.2) is 0 Å². The van der Waals surface area contributed by atoms with Gasteiger partial charge >= 0.3 is 0 Å². The fraction of sp³-hybridized carbons (Fsp3) is 0.429. The van der Waals surface area contributed by atoms with E-state index >= 15 is 0 Å². The van der Waals surface area contributed by atoms with E-state index in [0.29, 0.717) is 13.0 Å². The zero-order valence-corrected chi connectivity index (χ0v) is 12.5. The quantitative estimate of drug-likeness (QED) is 0.764. The fourth-order valence-electron chi connectivity index (χ4n) is 1.96. The largest absolute Gasteiger partial charge is 0.469 e. The molecule has 0 saturated carbocycles. The summed E-state index contributed by atoms with van der Waals surface area (Å²) in [5.41, 5.74) is 3.68.